The molecule has 0 spiro atoms. The van der Waals surface area contributed by atoms with Crippen LogP contribution < -0.4 is 0 Å². The van der Waals surface area contributed by atoms with Crippen LogP contribution in [0.15, 0.2) is 65.3 Å². The summed E-state index contributed by atoms with van der Waals surface area (Å²) in [6.07, 6.45) is 4.45. The molecule has 5 rings (SSSR count). The molecule has 3 heterocycles. The summed E-state index contributed by atoms with van der Waals surface area (Å²) in [5.74, 6) is 0.840. The Hall–Kier alpha value is -3.02. The lowest BCUT2D eigenvalue weighted by Crippen LogP contribution is -2.44. The Kier molecular flexibility index (Phi) is 4.62. The molecule has 0 bridgehead atoms. The zero-order chi connectivity index (χ0) is 19.8. The highest BCUT2D eigenvalue weighted by Gasteiger charge is 2.24. The Bertz CT molecular complexity index is 1160. The second kappa shape index (κ2) is 7.43. The number of piperidine rings is 1. The van der Waals surface area contributed by atoms with E-state index in [2.05, 4.69) is 40.2 Å². The zero-order valence-corrected chi connectivity index (χ0v) is 16.4. The van der Waals surface area contributed by atoms with E-state index in [0.29, 0.717) is 5.71 Å². The van der Waals surface area contributed by atoms with Crippen molar-refractivity contribution in [3.8, 4) is 11.3 Å². The number of para-hydroxylation sites is 1. The van der Waals surface area contributed by atoms with Crippen LogP contribution in [-0.2, 0) is 11.3 Å². The molecule has 1 fully saturated rings. The van der Waals surface area contributed by atoms with E-state index in [-0.39, 0.29) is 6.10 Å². The number of fused-ring (bicyclic) bond motifs is 2. The number of hydrogen-bond acceptors (Lipinski definition) is 5. The van der Waals surface area contributed by atoms with Crippen LogP contribution in [0.1, 0.15) is 12.0 Å². The van der Waals surface area contributed by atoms with E-state index in [9.17, 15) is 0 Å². The molecule has 5 heteroatoms. The Morgan fingerprint density at radius 3 is 2.90 bits per heavy atom. The summed E-state index contributed by atoms with van der Waals surface area (Å²) in [6, 6.07) is 16.7. The first-order valence-corrected chi connectivity index (χ1v) is 9.89. The normalized spacial score (nSPS) is 18.0. The molecule has 1 aliphatic heterocycles. The van der Waals surface area contributed by atoms with E-state index in [1.165, 1.54) is 5.56 Å². The van der Waals surface area contributed by atoms with Gasteiger partial charge in [0.1, 0.15) is 17.4 Å². The quantitative estimate of drug-likeness (QED) is 0.543. The SMILES string of the molecule is CO[C@@H]1CN(Cc2ccc3cncc(-c4cc5ccccc5o4)c3c2)CCC1=N. The molecule has 146 valence electrons. The van der Waals surface area contributed by atoms with Crippen molar-refractivity contribution in [2.75, 3.05) is 20.2 Å². The van der Waals surface area contributed by atoms with E-state index in [0.717, 1.165) is 59.1 Å². The maximum Gasteiger partial charge on any atom is 0.137 e. The van der Waals surface area contributed by atoms with Gasteiger partial charge in [-0.15, -0.1) is 0 Å². The summed E-state index contributed by atoms with van der Waals surface area (Å²) in [5, 5.41) is 11.4. The van der Waals surface area contributed by atoms with Crippen molar-refractivity contribution in [3.63, 3.8) is 0 Å². The number of rotatable bonds is 4. The van der Waals surface area contributed by atoms with Crippen LogP contribution in [0.2, 0.25) is 0 Å². The number of hydrogen-bond donors (Lipinski definition) is 1. The molecule has 29 heavy (non-hydrogen) atoms. The van der Waals surface area contributed by atoms with Crippen molar-refractivity contribution in [1.29, 1.82) is 5.41 Å². The summed E-state index contributed by atoms with van der Waals surface area (Å²) >= 11 is 0. The van der Waals surface area contributed by atoms with Gasteiger partial charge in [-0.05, 0) is 29.1 Å². The van der Waals surface area contributed by atoms with Gasteiger partial charge in [0.15, 0.2) is 0 Å². The number of nitrogens with zero attached hydrogens (tertiary/aromatic N) is 2. The van der Waals surface area contributed by atoms with Crippen LogP contribution >= 0.6 is 0 Å². The van der Waals surface area contributed by atoms with E-state index in [1.54, 1.807) is 7.11 Å². The summed E-state index contributed by atoms with van der Waals surface area (Å²) in [5.41, 5.74) is 3.83. The third-order valence-corrected chi connectivity index (χ3v) is 5.72. The van der Waals surface area contributed by atoms with Gasteiger partial charge in [-0.1, -0.05) is 30.3 Å². The molecule has 0 amide bonds. The number of ether oxygens (including phenoxy) is 1. The first-order valence-electron chi connectivity index (χ1n) is 9.89. The molecule has 1 saturated heterocycles. The van der Waals surface area contributed by atoms with Crippen molar-refractivity contribution in [2.45, 2.75) is 19.1 Å². The topological polar surface area (TPSA) is 62.4 Å². The minimum Gasteiger partial charge on any atom is -0.456 e. The molecule has 0 aliphatic carbocycles. The lowest BCUT2D eigenvalue weighted by atomic mass is 10.0. The zero-order valence-electron chi connectivity index (χ0n) is 16.4. The van der Waals surface area contributed by atoms with Crippen molar-refractivity contribution in [1.82, 2.24) is 9.88 Å². The molecule has 4 aromatic rings. The van der Waals surface area contributed by atoms with Crippen LogP contribution in [0.5, 0.6) is 0 Å². The monoisotopic (exact) mass is 385 g/mol. The Labute approximate surface area is 169 Å². The number of likely N-dealkylation sites (tertiary alicyclic amines) is 1. The highest BCUT2D eigenvalue weighted by atomic mass is 16.5. The van der Waals surface area contributed by atoms with Crippen LogP contribution in [0.3, 0.4) is 0 Å². The first-order chi connectivity index (χ1) is 14.2. The van der Waals surface area contributed by atoms with Gasteiger partial charge in [-0.3, -0.25) is 9.88 Å². The summed E-state index contributed by atoms with van der Waals surface area (Å²) in [4.78, 5) is 6.78. The average Bonchev–Trinajstić information content (AvgIpc) is 3.18. The second-order valence-electron chi connectivity index (χ2n) is 7.63. The predicted molar refractivity (Wildman–Crippen MR) is 115 cm³/mol. The van der Waals surface area contributed by atoms with Gasteiger partial charge in [-0.2, -0.15) is 0 Å². The highest BCUT2D eigenvalue weighted by Crippen LogP contribution is 2.33. The predicted octanol–water partition coefficient (Wildman–Crippen LogP) is 4.89. The van der Waals surface area contributed by atoms with Crippen LogP contribution in [-0.4, -0.2) is 41.9 Å². The fraction of sp³-hybridized carbons (Fsp3) is 0.250. The van der Waals surface area contributed by atoms with E-state index < -0.39 is 0 Å². The fourth-order valence-electron chi connectivity index (χ4n) is 4.11. The molecule has 2 aromatic heterocycles. The number of methoxy groups -OCH3 is 1. The lowest BCUT2D eigenvalue weighted by Gasteiger charge is -2.32. The van der Waals surface area contributed by atoms with Crippen molar-refractivity contribution >= 4 is 27.5 Å². The fourth-order valence-corrected chi connectivity index (χ4v) is 4.11. The standard InChI is InChI=1S/C24H23N3O2/c1-28-24-15-27(9-8-21(24)25)14-16-6-7-18-12-26-13-20(19(18)10-16)23-11-17-4-2-3-5-22(17)29-23/h2-7,10-13,24-25H,8-9,14-15H2,1H3/t24-/m1/s1. The second-order valence-corrected chi connectivity index (χ2v) is 7.63. The molecule has 1 aliphatic rings. The smallest absolute Gasteiger partial charge is 0.137 e. The van der Waals surface area contributed by atoms with Crippen molar-refractivity contribution < 1.29 is 9.15 Å². The number of nitrogens with one attached hydrogen (secondary N) is 1. The summed E-state index contributed by atoms with van der Waals surface area (Å²) in [6.45, 7) is 2.49. The van der Waals surface area contributed by atoms with Gasteiger partial charge < -0.3 is 14.6 Å². The van der Waals surface area contributed by atoms with E-state index >= 15 is 0 Å². The number of benzene rings is 2. The van der Waals surface area contributed by atoms with Crippen molar-refractivity contribution in [3.05, 3.63) is 66.5 Å². The Balaban J connectivity index is 1.49. The summed E-state index contributed by atoms with van der Waals surface area (Å²) < 4.78 is 11.6. The minimum absolute atomic E-state index is 0.0977. The van der Waals surface area contributed by atoms with Crippen molar-refractivity contribution in [2.24, 2.45) is 0 Å². The number of furan rings is 1. The van der Waals surface area contributed by atoms with Gasteiger partial charge in [0.25, 0.3) is 0 Å². The molecule has 2 aromatic carbocycles. The molecule has 0 unspecified atom stereocenters. The van der Waals surface area contributed by atoms with E-state index in [4.69, 9.17) is 14.6 Å². The van der Waals surface area contributed by atoms with Crippen LogP contribution in [0.4, 0.5) is 0 Å². The molecular weight excluding hydrogens is 362 g/mol. The third kappa shape index (κ3) is 3.43. The van der Waals surface area contributed by atoms with Gasteiger partial charge in [0.05, 0.1) is 0 Å². The minimum atomic E-state index is -0.0977. The highest BCUT2D eigenvalue weighted by molar-refractivity contribution is 5.97. The lowest BCUT2D eigenvalue weighted by molar-refractivity contribution is 0.0915. The van der Waals surface area contributed by atoms with Gasteiger partial charge in [0, 0.05) is 67.6 Å². The molecule has 1 atom stereocenters. The van der Waals surface area contributed by atoms with Crippen LogP contribution in [0, 0.1) is 5.41 Å². The van der Waals surface area contributed by atoms with Gasteiger partial charge >= 0.3 is 0 Å². The maximum absolute atomic E-state index is 8.02. The molecular formula is C24H23N3O2. The Morgan fingerprint density at radius 2 is 2.03 bits per heavy atom. The number of pyridine rings is 1. The Morgan fingerprint density at radius 1 is 1.14 bits per heavy atom. The first kappa shape index (κ1) is 18.0. The third-order valence-electron chi connectivity index (χ3n) is 5.72. The molecule has 1 N–H and O–H groups in total. The number of aromatic nitrogens is 1. The van der Waals surface area contributed by atoms with Gasteiger partial charge in [-0.25, -0.2) is 0 Å². The average molecular weight is 385 g/mol. The van der Waals surface area contributed by atoms with E-state index in [1.807, 2.05) is 30.6 Å². The summed E-state index contributed by atoms with van der Waals surface area (Å²) in [7, 11) is 1.69. The largest absolute Gasteiger partial charge is 0.456 e. The molecule has 0 radical (unpaired) electrons. The molecule has 5 nitrogen and oxygen atoms in total. The molecule has 0 saturated carbocycles. The van der Waals surface area contributed by atoms with Gasteiger partial charge in [0.2, 0.25) is 0 Å². The van der Waals surface area contributed by atoms with Crippen LogP contribution in [0.25, 0.3) is 33.1 Å². The maximum atomic E-state index is 8.02.